The van der Waals surface area contributed by atoms with Gasteiger partial charge in [-0.25, -0.2) is 0 Å². The normalized spacial score (nSPS) is 10.5. The lowest BCUT2D eigenvalue weighted by Crippen LogP contribution is -2.25. The van der Waals surface area contributed by atoms with Crippen LogP contribution in [0, 0.1) is 5.92 Å². The monoisotopic (exact) mass is 241 g/mol. The molecule has 0 saturated heterocycles. The fourth-order valence-electron chi connectivity index (χ4n) is 1.22. The fraction of sp³-hybridized carbons (Fsp3) is 0.417. The molecule has 0 saturated carbocycles. The van der Waals surface area contributed by atoms with Crippen molar-refractivity contribution in [3.63, 3.8) is 0 Å². The van der Waals surface area contributed by atoms with Gasteiger partial charge in [0.15, 0.2) is 0 Å². The van der Waals surface area contributed by atoms with Gasteiger partial charge in [0.25, 0.3) is 5.91 Å². The van der Waals surface area contributed by atoms with Crippen molar-refractivity contribution in [1.29, 1.82) is 0 Å². The molecule has 0 aromatic heterocycles. The second kappa shape index (κ2) is 5.75. The number of nitrogens with one attached hydrogen (secondary N) is 1. The molecular formula is C12H16ClNO2. The smallest absolute Gasteiger partial charge is 0.251 e. The first-order valence-electron chi connectivity index (χ1n) is 5.27. The van der Waals surface area contributed by atoms with Crippen LogP contribution in [0.1, 0.15) is 30.6 Å². The zero-order valence-corrected chi connectivity index (χ0v) is 10.2. The number of rotatable bonds is 4. The van der Waals surface area contributed by atoms with E-state index in [2.05, 4.69) is 19.2 Å². The number of benzene rings is 1. The number of phenolic OH excluding ortho intramolecular Hbond substituents is 1. The van der Waals surface area contributed by atoms with Crippen LogP contribution in [0.3, 0.4) is 0 Å². The molecule has 1 amide bonds. The summed E-state index contributed by atoms with van der Waals surface area (Å²) in [6.45, 7) is 4.85. The highest BCUT2D eigenvalue weighted by Crippen LogP contribution is 2.23. The molecular weight excluding hydrogens is 226 g/mol. The summed E-state index contributed by atoms with van der Waals surface area (Å²) in [5.41, 5.74) is 0.464. The van der Waals surface area contributed by atoms with Crippen LogP contribution in [0.5, 0.6) is 5.75 Å². The quantitative estimate of drug-likeness (QED) is 0.852. The van der Waals surface area contributed by atoms with E-state index in [4.69, 9.17) is 11.6 Å². The van der Waals surface area contributed by atoms with Gasteiger partial charge < -0.3 is 10.4 Å². The van der Waals surface area contributed by atoms with Gasteiger partial charge >= 0.3 is 0 Å². The maximum atomic E-state index is 11.6. The zero-order valence-electron chi connectivity index (χ0n) is 9.46. The van der Waals surface area contributed by atoms with E-state index in [1.54, 1.807) is 6.07 Å². The summed E-state index contributed by atoms with van der Waals surface area (Å²) in [6, 6.07) is 4.42. The average molecular weight is 242 g/mol. The molecule has 1 rings (SSSR count). The van der Waals surface area contributed by atoms with Crippen molar-refractivity contribution >= 4 is 17.5 Å². The maximum Gasteiger partial charge on any atom is 0.251 e. The van der Waals surface area contributed by atoms with Crippen LogP contribution in [-0.2, 0) is 0 Å². The summed E-state index contributed by atoms with van der Waals surface area (Å²) in [7, 11) is 0. The van der Waals surface area contributed by atoms with E-state index in [9.17, 15) is 9.90 Å². The van der Waals surface area contributed by atoms with Gasteiger partial charge in [0.05, 0.1) is 5.02 Å². The minimum atomic E-state index is -0.164. The summed E-state index contributed by atoms with van der Waals surface area (Å²) in [5, 5.41) is 12.2. The minimum Gasteiger partial charge on any atom is -0.506 e. The lowest BCUT2D eigenvalue weighted by molar-refractivity contribution is 0.0952. The van der Waals surface area contributed by atoms with Crippen molar-refractivity contribution in [3.8, 4) is 5.75 Å². The Morgan fingerprint density at radius 1 is 1.50 bits per heavy atom. The predicted octanol–water partition coefficient (Wildman–Crippen LogP) is 2.82. The van der Waals surface area contributed by atoms with E-state index in [1.807, 2.05) is 0 Å². The van der Waals surface area contributed by atoms with Crippen molar-refractivity contribution in [2.45, 2.75) is 20.3 Å². The van der Waals surface area contributed by atoms with E-state index in [-0.39, 0.29) is 16.7 Å². The molecule has 0 aliphatic rings. The molecule has 16 heavy (non-hydrogen) atoms. The second-order valence-electron chi connectivity index (χ2n) is 4.10. The fourth-order valence-corrected chi connectivity index (χ4v) is 1.41. The molecule has 0 atom stereocenters. The number of carbonyl (C=O) groups excluding carboxylic acids is 1. The third-order valence-corrected chi connectivity index (χ3v) is 2.52. The molecule has 0 spiro atoms. The third-order valence-electron chi connectivity index (χ3n) is 2.22. The zero-order chi connectivity index (χ0) is 12.1. The minimum absolute atomic E-state index is 0.0135. The highest BCUT2D eigenvalue weighted by molar-refractivity contribution is 6.32. The second-order valence-corrected chi connectivity index (χ2v) is 4.51. The number of halogens is 1. The highest BCUT2D eigenvalue weighted by Gasteiger charge is 2.07. The number of hydrogen-bond donors (Lipinski definition) is 2. The summed E-state index contributed by atoms with van der Waals surface area (Å²) < 4.78 is 0. The number of hydrogen-bond acceptors (Lipinski definition) is 2. The predicted molar refractivity (Wildman–Crippen MR) is 64.9 cm³/mol. The molecule has 0 bridgehead atoms. The van der Waals surface area contributed by atoms with E-state index in [0.717, 1.165) is 6.42 Å². The van der Waals surface area contributed by atoms with Gasteiger partial charge in [-0.15, -0.1) is 0 Å². The van der Waals surface area contributed by atoms with Gasteiger partial charge in [-0.2, -0.15) is 0 Å². The van der Waals surface area contributed by atoms with Crippen LogP contribution < -0.4 is 5.32 Å². The third kappa shape index (κ3) is 3.74. The SMILES string of the molecule is CC(C)CCNC(=O)c1ccc(O)c(Cl)c1. The van der Waals surface area contributed by atoms with Gasteiger partial charge in [-0.05, 0) is 30.5 Å². The Bertz CT molecular complexity index is 377. The van der Waals surface area contributed by atoms with E-state index in [1.165, 1.54) is 12.1 Å². The van der Waals surface area contributed by atoms with Crippen LogP contribution in [0.25, 0.3) is 0 Å². The molecule has 0 unspecified atom stereocenters. The topological polar surface area (TPSA) is 49.3 Å². The first-order chi connectivity index (χ1) is 7.50. The highest BCUT2D eigenvalue weighted by atomic mass is 35.5. The molecule has 1 aromatic rings. The lowest BCUT2D eigenvalue weighted by atomic mass is 10.1. The van der Waals surface area contributed by atoms with Crippen molar-refractivity contribution in [2.24, 2.45) is 5.92 Å². The Morgan fingerprint density at radius 2 is 2.19 bits per heavy atom. The number of phenols is 1. The van der Waals surface area contributed by atoms with Gasteiger partial charge in [-0.3, -0.25) is 4.79 Å². The maximum absolute atomic E-state index is 11.6. The van der Waals surface area contributed by atoms with Crippen LogP contribution >= 0.6 is 11.6 Å². The first-order valence-corrected chi connectivity index (χ1v) is 5.65. The molecule has 88 valence electrons. The van der Waals surface area contributed by atoms with Crippen LogP contribution in [0.4, 0.5) is 0 Å². The van der Waals surface area contributed by atoms with Crippen LogP contribution in [-0.4, -0.2) is 17.6 Å². The molecule has 1 aromatic carbocycles. The molecule has 0 fully saturated rings. The van der Waals surface area contributed by atoms with Crippen LogP contribution in [0.2, 0.25) is 5.02 Å². The largest absolute Gasteiger partial charge is 0.506 e. The molecule has 4 heteroatoms. The van der Waals surface area contributed by atoms with Gasteiger partial charge in [0, 0.05) is 12.1 Å². The van der Waals surface area contributed by atoms with E-state index < -0.39 is 0 Å². The summed E-state index contributed by atoms with van der Waals surface area (Å²) in [4.78, 5) is 11.6. The number of aromatic hydroxyl groups is 1. The van der Waals surface area contributed by atoms with E-state index >= 15 is 0 Å². The molecule has 2 N–H and O–H groups in total. The van der Waals surface area contributed by atoms with Crippen molar-refractivity contribution in [3.05, 3.63) is 28.8 Å². The van der Waals surface area contributed by atoms with E-state index in [0.29, 0.717) is 18.0 Å². The number of carbonyl (C=O) groups is 1. The van der Waals surface area contributed by atoms with Crippen molar-refractivity contribution < 1.29 is 9.90 Å². The Morgan fingerprint density at radius 3 is 2.75 bits per heavy atom. The Labute approximate surface area is 100 Å². The van der Waals surface area contributed by atoms with Crippen molar-refractivity contribution in [1.82, 2.24) is 5.32 Å². The van der Waals surface area contributed by atoms with Gasteiger partial charge in [0.2, 0.25) is 0 Å². The Balaban J connectivity index is 2.56. The van der Waals surface area contributed by atoms with Crippen LogP contribution in [0.15, 0.2) is 18.2 Å². The summed E-state index contributed by atoms with van der Waals surface area (Å²) in [5.74, 6) is 0.381. The summed E-state index contributed by atoms with van der Waals surface area (Å²) >= 11 is 5.71. The standard InChI is InChI=1S/C12H16ClNO2/c1-8(2)5-6-14-12(16)9-3-4-11(15)10(13)7-9/h3-4,7-8,15H,5-6H2,1-2H3,(H,14,16). The van der Waals surface area contributed by atoms with Crippen molar-refractivity contribution in [2.75, 3.05) is 6.54 Å². The molecule has 0 heterocycles. The number of amides is 1. The lowest BCUT2D eigenvalue weighted by Gasteiger charge is -2.07. The van der Waals surface area contributed by atoms with Gasteiger partial charge in [-0.1, -0.05) is 25.4 Å². The Hall–Kier alpha value is -1.22. The Kier molecular flexibility index (Phi) is 4.62. The first kappa shape index (κ1) is 12.8. The average Bonchev–Trinajstić information content (AvgIpc) is 2.21. The molecule has 0 radical (unpaired) electrons. The molecule has 0 aliphatic carbocycles. The van der Waals surface area contributed by atoms with Gasteiger partial charge in [0.1, 0.15) is 5.75 Å². The molecule has 3 nitrogen and oxygen atoms in total. The summed E-state index contributed by atoms with van der Waals surface area (Å²) in [6.07, 6.45) is 0.942. The molecule has 0 aliphatic heterocycles.